The van der Waals surface area contributed by atoms with Crippen molar-refractivity contribution in [2.24, 2.45) is 0 Å². The lowest BCUT2D eigenvalue weighted by atomic mass is 10.1. The first-order valence-corrected chi connectivity index (χ1v) is 12.0. The highest BCUT2D eigenvalue weighted by Crippen LogP contribution is 2.31. The van der Waals surface area contributed by atoms with Crippen molar-refractivity contribution in [1.29, 1.82) is 5.26 Å². The fourth-order valence-corrected chi connectivity index (χ4v) is 4.30. The van der Waals surface area contributed by atoms with Gasteiger partial charge in [-0.2, -0.15) is 5.26 Å². The fraction of sp³-hybridized carbons (Fsp3) is 0.0800. The van der Waals surface area contributed by atoms with Crippen molar-refractivity contribution in [1.82, 2.24) is 9.97 Å². The van der Waals surface area contributed by atoms with Gasteiger partial charge in [0.2, 0.25) is 0 Å². The molecule has 4 rings (SSSR count). The van der Waals surface area contributed by atoms with Crippen LogP contribution in [0.1, 0.15) is 11.1 Å². The second-order valence-electron chi connectivity index (χ2n) is 7.36. The van der Waals surface area contributed by atoms with Gasteiger partial charge in [-0.05, 0) is 48.5 Å². The second-order valence-corrected chi connectivity index (χ2v) is 9.35. The minimum Gasteiger partial charge on any atom is -0.339 e. The van der Waals surface area contributed by atoms with Crippen LogP contribution in [0.2, 0.25) is 0 Å². The zero-order chi connectivity index (χ0) is 23.3. The summed E-state index contributed by atoms with van der Waals surface area (Å²) in [7, 11) is -3.42. The molecule has 0 bridgehead atoms. The van der Waals surface area contributed by atoms with Crippen LogP contribution in [0.15, 0.2) is 96.3 Å². The van der Waals surface area contributed by atoms with Crippen LogP contribution < -0.4 is 10.2 Å². The van der Waals surface area contributed by atoms with Gasteiger partial charge in [0.1, 0.15) is 5.82 Å². The Morgan fingerprint density at radius 1 is 0.970 bits per heavy atom. The summed E-state index contributed by atoms with van der Waals surface area (Å²) in [5, 5.41) is 12.5. The standard InChI is InChI=1S/C25H21N5O2S/c1-33(31,32)24-12-3-2-11-23(24)29-25-20(8-5-14-28-25)18-30(22-10-6-13-27-17-22)21-9-4-7-19(15-21)16-26/h2-15,17H,18H2,1H3,(H,28,29). The Morgan fingerprint density at radius 3 is 2.52 bits per heavy atom. The average Bonchev–Trinajstić information content (AvgIpc) is 2.84. The molecule has 4 aromatic rings. The molecule has 0 saturated carbocycles. The van der Waals surface area contributed by atoms with Crippen LogP contribution in [-0.2, 0) is 16.4 Å². The number of aromatic nitrogens is 2. The van der Waals surface area contributed by atoms with Crippen molar-refractivity contribution in [2.75, 3.05) is 16.5 Å². The zero-order valence-corrected chi connectivity index (χ0v) is 18.7. The number of benzene rings is 2. The molecule has 33 heavy (non-hydrogen) atoms. The summed E-state index contributed by atoms with van der Waals surface area (Å²) in [5.41, 5.74) is 3.52. The van der Waals surface area contributed by atoms with Crippen LogP contribution in [0.4, 0.5) is 22.9 Å². The summed E-state index contributed by atoms with van der Waals surface area (Å²) in [6, 6.07) is 23.8. The Kier molecular flexibility index (Phi) is 6.33. The molecule has 0 atom stereocenters. The Hall–Kier alpha value is -4.22. The number of nitrogens with one attached hydrogen (secondary N) is 1. The number of para-hydroxylation sites is 1. The van der Waals surface area contributed by atoms with Crippen molar-refractivity contribution < 1.29 is 8.42 Å². The molecule has 0 amide bonds. The van der Waals surface area contributed by atoms with Crippen LogP contribution in [0.3, 0.4) is 0 Å². The van der Waals surface area contributed by atoms with Crippen LogP contribution in [-0.4, -0.2) is 24.6 Å². The topological polar surface area (TPSA) is 99.0 Å². The number of hydrogen-bond donors (Lipinski definition) is 1. The van der Waals surface area contributed by atoms with Crippen molar-refractivity contribution in [3.05, 3.63) is 103 Å². The van der Waals surface area contributed by atoms with Gasteiger partial charge < -0.3 is 10.2 Å². The molecule has 0 aliphatic heterocycles. The largest absolute Gasteiger partial charge is 0.339 e. The quantitative estimate of drug-likeness (QED) is 0.426. The van der Waals surface area contributed by atoms with E-state index >= 15 is 0 Å². The number of sulfone groups is 1. The lowest BCUT2D eigenvalue weighted by molar-refractivity contribution is 0.602. The molecule has 7 nitrogen and oxygen atoms in total. The Bertz CT molecular complexity index is 1420. The van der Waals surface area contributed by atoms with Crippen LogP contribution in [0.5, 0.6) is 0 Å². The summed E-state index contributed by atoms with van der Waals surface area (Å²) >= 11 is 0. The van der Waals surface area contributed by atoms with Gasteiger partial charge in [-0.3, -0.25) is 4.98 Å². The first-order valence-electron chi connectivity index (χ1n) is 10.1. The number of anilines is 4. The second kappa shape index (κ2) is 9.51. The predicted molar refractivity (Wildman–Crippen MR) is 128 cm³/mol. The van der Waals surface area contributed by atoms with Gasteiger partial charge in [0, 0.05) is 29.9 Å². The van der Waals surface area contributed by atoms with E-state index in [2.05, 4.69) is 21.4 Å². The maximum atomic E-state index is 12.2. The van der Waals surface area contributed by atoms with Gasteiger partial charge in [-0.1, -0.05) is 24.3 Å². The first kappa shape index (κ1) is 22.0. The van der Waals surface area contributed by atoms with Gasteiger partial charge in [-0.25, -0.2) is 13.4 Å². The van der Waals surface area contributed by atoms with Crippen LogP contribution in [0, 0.1) is 11.3 Å². The lowest BCUT2D eigenvalue weighted by Gasteiger charge is -2.26. The molecule has 0 aliphatic rings. The fourth-order valence-electron chi connectivity index (χ4n) is 3.46. The molecule has 1 N–H and O–H groups in total. The number of nitrogens with zero attached hydrogens (tertiary/aromatic N) is 4. The highest BCUT2D eigenvalue weighted by Gasteiger charge is 2.17. The molecule has 0 aliphatic carbocycles. The summed E-state index contributed by atoms with van der Waals surface area (Å²) in [5.74, 6) is 0.541. The maximum Gasteiger partial charge on any atom is 0.177 e. The third-order valence-corrected chi connectivity index (χ3v) is 6.16. The minimum atomic E-state index is -3.42. The van der Waals surface area contributed by atoms with Crippen molar-refractivity contribution in [3.63, 3.8) is 0 Å². The van der Waals surface area contributed by atoms with E-state index in [4.69, 9.17) is 0 Å². The van der Waals surface area contributed by atoms with Crippen molar-refractivity contribution >= 4 is 32.7 Å². The average molecular weight is 456 g/mol. The lowest BCUT2D eigenvalue weighted by Crippen LogP contribution is -2.18. The van der Waals surface area contributed by atoms with Crippen LogP contribution >= 0.6 is 0 Å². The maximum absolute atomic E-state index is 12.2. The molecule has 8 heteroatoms. The number of hydrogen-bond acceptors (Lipinski definition) is 7. The Balaban J connectivity index is 1.75. The molecular weight excluding hydrogens is 434 g/mol. The van der Waals surface area contributed by atoms with E-state index < -0.39 is 9.84 Å². The normalized spacial score (nSPS) is 10.9. The number of pyridine rings is 2. The van der Waals surface area contributed by atoms with Gasteiger partial charge in [0.05, 0.1) is 40.6 Å². The molecule has 0 radical (unpaired) electrons. The number of rotatable bonds is 7. The molecule has 0 saturated heterocycles. The third-order valence-electron chi connectivity index (χ3n) is 5.00. The third kappa shape index (κ3) is 5.17. The van der Waals surface area contributed by atoms with Gasteiger partial charge >= 0.3 is 0 Å². The Labute approximate surface area is 192 Å². The highest BCUT2D eigenvalue weighted by molar-refractivity contribution is 7.90. The summed E-state index contributed by atoms with van der Waals surface area (Å²) in [6.45, 7) is 0.414. The first-order chi connectivity index (χ1) is 16.0. The van der Waals surface area contributed by atoms with E-state index in [-0.39, 0.29) is 4.90 Å². The molecular formula is C25H21N5O2S. The SMILES string of the molecule is CS(=O)(=O)c1ccccc1Nc1ncccc1CN(c1cccnc1)c1cccc(C#N)c1. The highest BCUT2D eigenvalue weighted by atomic mass is 32.2. The Morgan fingerprint density at radius 2 is 1.76 bits per heavy atom. The molecule has 2 heterocycles. The molecule has 0 spiro atoms. The monoisotopic (exact) mass is 455 g/mol. The summed E-state index contributed by atoms with van der Waals surface area (Å²) < 4.78 is 24.5. The van der Waals surface area contributed by atoms with E-state index in [1.807, 2.05) is 47.4 Å². The van der Waals surface area contributed by atoms with E-state index in [1.54, 1.807) is 48.9 Å². The summed E-state index contributed by atoms with van der Waals surface area (Å²) in [4.78, 5) is 10.9. The van der Waals surface area contributed by atoms with Crippen molar-refractivity contribution in [3.8, 4) is 6.07 Å². The molecule has 0 unspecified atom stereocenters. The molecule has 2 aromatic heterocycles. The van der Waals surface area contributed by atoms with E-state index in [1.165, 1.54) is 6.26 Å². The van der Waals surface area contributed by atoms with Gasteiger partial charge in [0.15, 0.2) is 9.84 Å². The predicted octanol–water partition coefficient (Wildman–Crippen LogP) is 4.83. The number of nitriles is 1. The van der Waals surface area contributed by atoms with E-state index in [0.717, 1.165) is 16.9 Å². The smallest absolute Gasteiger partial charge is 0.177 e. The molecule has 2 aromatic carbocycles. The summed E-state index contributed by atoms with van der Waals surface area (Å²) in [6.07, 6.45) is 6.28. The van der Waals surface area contributed by atoms with Crippen LogP contribution in [0.25, 0.3) is 0 Å². The van der Waals surface area contributed by atoms with Crippen molar-refractivity contribution in [2.45, 2.75) is 11.4 Å². The van der Waals surface area contributed by atoms with E-state index in [0.29, 0.717) is 23.6 Å². The minimum absolute atomic E-state index is 0.201. The molecule has 164 valence electrons. The van der Waals surface area contributed by atoms with Gasteiger partial charge in [0.25, 0.3) is 0 Å². The molecule has 0 fully saturated rings. The zero-order valence-electron chi connectivity index (χ0n) is 17.9. The van der Waals surface area contributed by atoms with Gasteiger partial charge in [-0.15, -0.1) is 0 Å². The van der Waals surface area contributed by atoms with E-state index in [9.17, 15) is 13.7 Å².